The predicted molar refractivity (Wildman–Crippen MR) is 77.4 cm³/mol. The molecule has 3 heteroatoms. The summed E-state index contributed by atoms with van der Waals surface area (Å²) < 4.78 is 27.6. The van der Waals surface area contributed by atoms with Gasteiger partial charge in [-0.15, -0.1) is 0 Å². The highest BCUT2D eigenvalue weighted by atomic mass is 19.1. The lowest BCUT2D eigenvalue weighted by molar-refractivity contribution is 0.426. The molecule has 0 aliphatic carbocycles. The molecule has 0 saturated heterocycles. The van der Waals surface area contributed by atoms with Gasteiger partial charge in [0.25, 0.3) is 0 Å². The molecule has 0 aliphatic heterocycles. The summed E-state index contributed by atoms with van der Waals surface area (Å²) in [6.45, 7) is 3.84. The summed E-state index contributed by atoms with van der Waals surface area (Å²) in [5.74, 6) is -1.01. The molecule has 2 atom stereocenters. The van der Waals surface area contributed by atoms with Crippen LogP contribution < -0.4 is 5.32 Å². The molecule has 0 saturated carbocycles. The second-order valence-corrected chi connectivity index (χ2v) is 4.90. The molecule has 2 unspecified atom stereocenters. The highest BCUT2D eigenvalue weighted by Gasteiger charge is 2.19. The van der Waals surface area contributed by atoms with Crippen molar-refractivity contribution in [2.75, 3.05) is 0 Å². The molecule has 0 aliphatic rings. The number of halogens is 2. The quantitative estimate of drug-likeness (QED) is 0.829. The molecular formula is C17H19F2N. The van der Waals surface area contributed by atoms with Crippen molar-refractivity contribution in [3.63, 3.8) is 0 Å². The minimum Gasteiger partial charge on any atom is -0.303 e. The summed E-state index contributed by atoms with van der Waals surface area (Å²) in [5, 5.41) is 3.30. The van der Waals surface area contributed by atoms with Gasteiger partial charge < -0.3 is 5.32 Å². The van der Waals surface area contributed by atoms with Gasteiger partial charge >= 0.3 is 0 Å². The molecular weight excluding hydrogens is 256 g/mol. The van der Waals surface area contributed by atoms with Crippen molar-refractivity contribution in [2.24, 2.45) is 0 Å². The maximum Gasteiger partial charge on any atom is 0.130 e. The van der Waals surface area contributed by atoms with Crippen molar-refractivity contribution in [1.82, 2.24) is 5.32 Å². The fourth-order valence-corrected chi connectivity index (χ4v) is 2.44. The lowest BCUT2D eigenvalue weighted by Crippen LogP contribution is -2.25. The fourth-order valence-electron chi connectivity index (χ4n) is 2.44. The zero-order valence-electron chi connectivity index (χ0n) is 11.7. The van der Waals surface area contributed by atoms with Crippen molar-refractivity contribution >= 4 is 0 Å². The van der Waals surface area contributed by atoms with Gasteiger partial charge in [0, 0.05) is 17.6 Å². The Balaban J connectivity index is 2.20. The van der Waals surface area contributed by atoms with Gasteiger partial charge in [0.1, 0.15) is 11.6 Å². The van der Waals surface area contributed by atoms with Gasteiger partial charge in [0.15, 0.2) is 0 Å². The first kappa shape index (κ1) is 14.7. The van der Waals surface area contributed by atoms with Crippen LogP contribution in [0.3, 0.4) is 0 Å². The van der Waals surface area contributed by atoms with E-state index in [2.05, 4.69) is 12.2 Å². The SMILES string of the molecule is CCC(NC(C)c1c(F)cccc1F)c1ccccc1. The Morgan fingerprint density at radius 2 is 1.55 bits per heavy atom. The van der Waals surface area contributed by atoms with Crippen molar-refractivity contribution in [2.45, 2.75) is 32.4 Å². The Hall–Kier alpha value is -1.74. The molecule has 0 aromatic heterocycles. The monoisotopic (exact) mass is 275 g/mol. The Morgan fingerprint density at radius 1 is 0.950 bits per heavy atom. The van der Waals surface area contributed by atoms with E-state index in [9.17, 15) is 8.78 Å². The van der Waals surface area contributed by atoms with E-state index in [1.807, 2.05) is 30.3 Å². The molecule has 0 bridgehead atoms. The Labute approximate surface area is 118 Å². The topological polar surface area (TPSA) is 12.0 Å². The third kappa shape index (κ3) is 3.23. The van der Waals surface area contributed by atoms with Crippen LogP contribution in [0, 0.1) is 11.6 Å². The number of hydrogen-bond donors (Lipinski definition) is 1. The van der Waals surface area contributed by atoms with Gasteiger partial charge in [-0.25, -0.2) is 8.78 Å². The molecule has 0 radical (unpaired) electrons. The van der Waals surface area contributed by atoms with Gasteiger partial charge in [-0.05, 0) is 31.0 Å². The Morgan fingerprint density at radius 3 is 2.10 bits per heavy atom. The van der Waals surface area contributed by atoms with Crippen LogP contribution in [0.2, 0.25) is 0 Å². The average Bonchev–Trinajstić information content (AvgIpc) is 2.45. The summed E-state index contributed by atoms with van der Waals surface area (Å²) in [6, 6.07) is 13.6. The Bertz CT molecular complexity index is 534. The molecule has 0 heterocycles. The van der Waals surface area contributed by atoms with Gasteiger partial charge in [-0.3, -0.25) is 0 Å². The van der Waals surface area contributed by atoms with E-state index in [4.69, 9.17) is 0 Å². The third-order valence-electron chi connectivity index (χ3n) is 3.49. The standard InChI is InChI=1S/C17H19F2N/c1-3-16(13-8-5-4-6-9-13)20-12(2)17-14(18)10-7-11-15(17)19/h4-12,16,20H,3H2,1-2H3. The van der Waals surface area contributed by atoms with E-state index >= 15 is 0 Å². The number of nitrogens with one attached hydrogen (secondary N) is 1. The van der Waals surface area contributed by atoms with E-state index in [-0.39, 0.29) is 17.6 Å². The molecule has 1 N–H and O–H groups in total. The molecule has 2 rings (SSSR count). The minimum atomic E-state index is -0.507. The summed E-state index contributed by atoms with van der Waals surface area (Å²) in [7, 11) is 0. The van der Waals surface area contributed by atoms with Crippen molar-refractivity contribution < 1.29 is 8.78 Å². The molecule has 1 nitrogen and oxygen atoms in total. The fraction of sp³-hybridized carbons (Fsp3) is 0.294. The van der Waals surface area contributed by atoms with Gasteiger partial charge in [-0.2, -0.15) is 0 Å². The molecule has 0 spiro atoms. The summed E-state index contributed by atoms with van der Waals surface area (Å²) in [4.78, 5) is 0. The maximum atomic E-state index is 13.8. The van der Waals surface area contributed by atoms with E-state index in [0.29, 0.717) is 0 Å². The predicted octanol–water partition coefficient (Wildman–Crippen LogP) is 4.77. The Kier molecular flexibility index (Phi) is 4.85. The normalized spacial score (nSPS) is 14.0. The van der Waals surface area contributed by atoms with Crippen LogP contribution in [-0.4, -0.2) is 0 Å². The molecule has 0 amide bonds. The lowest BCUT2D eigenvalue weighted by atomic mass is 10.0. The van der Waals surface area contributed by atoms with Crippen molar-refractivity contribution in [3.05, 3.63) is 71.3 Å². The van der Waals surface area contributed by atoms with Crippen LogP contribution in [0.4, 0.5) is 8.78 Å². The second kappa shape index (κ2) is 6.62. The number of rotatable bonds is 5. The number of benzene rings is 2. The van der Waals surface area contributed by atoms with E-state index < -0.39 is 11.6 Å². The molecule has 106 valence electrons. The largest absolute Gasteiger partial charge is 0.303 e. The van der Waals surface area contributed by atoms with Crippen LogP contribution in [0.5, 0.6) is 0 Å². The molecule has 2 aromatic rings. The maximum absolute atomic E-state index is 13.8. The molecule has 20 heavy (non-hydrogen) atoms. The van der Waals surface area contributed by atoms with Crippen LogP contribution in [0.15, 0.2) is 48.5 Å². The van der Waals surface area contributed by atoms with Gasteiger partial charge in [0.2, 0.25) is 0 Å². The average molecular weight is 275 g/mol. The van der Waals surface area contributed by atoms with Crippen LogP contribution >= 0.6 is 0 Å². The van der Waals surface area contributed by atoms with E-state index in [1.54, 1.807) is 6.92 Å². The molecule has 0 fully saturated rings. The second-order valence-electron chi connectivity index (χ2n) is 4.90. The smallest absolute Gasteiger partial charge is 0.130 e. The van der Waals surface area contributed by atoms with Crippen LogP contribution in [0.25, 0.3) is 0 Å². The first-order valence-corrected chi connectivity index (χ1v) is 6.88. The first-order chi connectivity index (χ1) is 9.63. The van der Waals surface area contributed by atoms with Crippen LogP contribution in [-0.2, 0) is 0 Å². The zero-order valence-corrected chi connectivity index (χ0v) is 11.7. The summed E-state index contributed by atoms with van der Waals surface area (Å²) in [5.41, 5.74) is 1.22. The van der Waals surface area contributed by atoms with Crippen molar-refractivity contribution in [3.8, 4) is 0 Å². The summed E-state index contributed by atoms with van der Waals surface area (Å²) in [6.07, 6.45) is 0.852. The highest BCUT2D eigenvalue weighted by Crippen LogP contribution is 2.25. The highest BCUT2D eigenvalue weighted by molar-refractivity contribution is 5.24. The zero-order chi connectivity index (χ0) is 14.5. The van der Waals surface area contributed by atoms with Crippen molar-refractivity contribution in [1.29, 1.82) is 0 Å². The number of hydrogen-bond acceptors (Lipinski definition) is 1. The van der Waals surface area contributed by atoms with Gasteiger partial charge in [-0.1, -0.05) is 43.3 Å². The summed E-state index contributed by atoms with van der Waals surface area (Å²) >= 11 is 0. The van der Waals surface area contributed by atoms with E-state index in [1.165, 1.54) is 18.2 Å². The molecule has 2 aromatic carbocycles. The van der Waals surface area contributed by atoms with Gasteiger partial charge in [0.05, 0.1) is 0 Å². The third-order valence-corrected chi connectivity index (χ3v) is 3.49. The van der Waals surface area contributed by atoms with Crippen LogP contribution in [0.1, 0.15) is 43.5 Å². The minimum absolute atomic E-state index is 0.0743. The lowest BCUT2D eigenvalue weighted by Gasteiger charge is -2.23. The van der Waals surface area contributed by atoms with E-state index in [0.717, 1.165) is 12.0 Å². The first-order valence-electron chi connectivity index (χ1n) is 6.88.